The largest absolute Gasteiger partial charge is 0.309 e. The summed E-state index contributed by atoms with van der Waals surface area (Å²) < 4.78 is 2.48. The first-order chi connectivity index (χ1) is 30.3. The summed E-state index contributed by atoms with van der Waals surface area (Å²) in [6.45, 7) is 0. The quantitative estimate of drug-likeness (QED) is 0.154. The van der Waals surface area contributed by atoms with Gasteiger partial charge >= 0.3 is 0 Å². The van der Waals surface area contributed by atoms with Crippen molar-refractivity contribution in [1.82, 2.24) is 14.5 Å². The molecule has 2 heterocycles. The highest BCUT2D eigenvalue weighted by molar-refractivity contribution is 6.26. The molecule has 11 aromatic rings. The van der Waals surface area contributed by atoms with Gasteiger partial charge in [0.25, 0.3) is 0 Å². The molecule has 3 nitrogen and oxygen atoms in total. The highest BCUT2D eigenvalue weighted by Gasteiger charge is 2.29. The highest BCUT2D eigenvalue weighted by atomic mass is 15.0. The van der Waals surface area contributed by atoms with Crippen molar-refractivity contribution < 1.29 is 0 Å². The maximum Gasteiger partial charge on any atom is 0.160 e. The highest BCUT2D eigenvalue weighted by Crippen LogP contribution is 2.54. The van der Waals surface area contributed by atoms with Crippen molar-refractivity contribution in [3.63, 3.8) is 0 Å². The minimum absolute atomic E-state index is 0.674. The van der Waals surface area contributed by atoms with E-state index in [4.69, 9.17) is 9.97 Å². The Morgan fingerprint density at radius 3 is 1.20 bits per heavy atom. The summed E-state index contributed by atoms with van der Waals surface area (Å²) in [5, 5.41) is 2.39. The molecule has 0 aliphatic rings. The van der Waals surface area contributed by atoms with E-state index in [1.165, 1.54) is 44.2 Å². The van der Waals surface area contributed by atoms with Gasteiger partial charge in [-0.3, -0.25) is 0 Å². The molecule has 0 aliphatic carbocycles. The Kier molecular flexibility index (Phi) is 9.18. The van der Waals surface area contributed by atoms with Crippen LogP contribution in [-0.4, -0.2) is 14.5 Å². The second-order valence-electron chi connectivity index (χ2n) is 15.3. The fourth-order valence-electron chi connectivity index (χ4n) is 8.93. The summed E-state index contributed by atoms with van der Waals surface area (Å²) in [5.74, 6) is 0.674. The van der Waals surface area contributed by atoms with Gasteiger partial charge < -0.3 is 4.57 Å². The van der Waals surface area contributed by atoms with Crippen LogP contribution in [-0.2, 0) is 0 Å². The van der Waals surface area contributed by atoms with Gasteiger partial charge in [-0.25, -0.2) is 9.97 Å². The number of nitrogens with zero attached hydrogens (tertiary/aromatic N) is 3. The minimum Gasteiger partial charge on any atom is -0.309 e. The molecule has 61 heavy (non-hydrogen) atoms. The van der Waals surface area contributed by atoms with Gasteiger partial charge in [0.05, 0.1) is 22.4 Å². The summed E-state index contributed by atoms with van der Waals surface area (Å²) in [6, 6.07) is 84.1. The van der Waals surface area contributed by atoms with Crippen molar-refractivity contribution in [3.8, 4) is 84.1 Å². The van der Waals surface area contributed by atoms with Crippen LogP contribution in [0, 0.1) is 0 Å². The summed E-state index contributed by atoms with van der Waals surface area (Å²) in [4.78, 5) is 10.5. The average molecular weight is 778 g/mol. The van der Waals surface area contributed by atoms with E-state index in [9.17, 15) is 0 Å². The van der Waals surface area contributed by atoms with E-state index in [-0.39, 0.29) is 0 Å². The molecule has 0 aliphatic heterocycles. The van der Waals surface area contributed by atoms with Crippen molar-refractivity contribution in [2.45, 2.75) is 0 Å². The van der Waals surface area contributed by atoms with Crippen molar-refractivity contribution in [1.29, 1.82) is 0 Å². The Bertz CT molecular complexity index is 3250. The number of hydrogen-bond donors (Lipinski definition) is 0. The molecule has 11 rings (SSSR count). The van der Waals surface area contributed by atoms with Crippen LogP contribution in [0.15, 0.2) is 237 Å². The lowest BCUT2D eigenvalue weighted by Crippen LogP contribution is -2.01. The molecule has 286 valence electrons. The molecule has 9 aromatic carbocycles. The molecular weight excluding hydrogens is 739 g/mol. The zero-order valence-corrected chi connectivity index (χ0v) is 33.4. The molecular formula is C58H39N3. The minimum atomic E-state index is 0.674. The van der Waals surface area contributed by atoms with Crippen LogP contribution < -0.4 is 0 Å². The number of benzene rings is 9. The van der Waals surface area contributed by atoms with Crippen LogP contribution in [0.25, 0.3) is 106 Å². The molecule has 0 unspecified atom stereocenters. The standard InChI is InChI=1S/C58H39N3/c1-7-22-40(23-8-1)49-39-50(41-24-9-2-10-25-41)60-58(59-49)46-34-21-35-47(38-46)61-51-37-20-19-36-48(51)56-54(44-30-15-5-16-31-44)52(42-26-11-3-12-27-42)53(43-28-13-4-14-29-43)55(57(56)61)45-32-17-6-18-33-45/h1-39H. The van der Waals surface area contributed by atoms with Gasteiger partial charge in [-0.1, -0.05) is 212 Å². The number of para-hydroxylation sites is 1. The predicted molar refractivity (Wildman–Crippen MR) is 254 cm³/mol. The van der Waals surface area contributed by atoms with Gasteiger partial charge in [-0.2, -0.15) is 0 Å². The lowest BCUT2D eigenvalue weighted by molar-refractivity contribution is 1.16. The van der Waals surface area contributed by atoms with Gasteiger partial charge in [0.15, 0.2) is 5.82 Å². The Morgan fingerprint density at radius 2 is 0.689 bits per heavy atom. The van der Waals surface area contributed by atoms with Crippen LogP contribution in [0.1, 0.15) is 0 Å². The van der Waals surface area contributed by atoms with Crippen LogP contribution in [0.2, 0.25) is 0 Å². The summed E-state index contributed by atoms with van der Waals surface area (Å²) in [6.07, 6.45) is 0. The summed E-state index contributed by atoms with van der Waals surface area (Å²) >= 11 is 0. The SMILES string of the molecule is c1ccc(-c2cc(-c3ccccc3)nc(-c3cccc(-n4c5ccccc5c5c(-c6ccccc6)c(-c6ccccc6)c(-c6ccccc6)c(-c6ccccc6)c54)c3)n2)cc1. The number of rotatable bonds is 8. The molecule has 0 saturated carbocycles. The molecule has 3 heteroatoms. The topological polar surface area (TPSA) is 30.7 Å². The molecule has 0 amide bonds. The smallest absolute Gasteiger partial charge is 0.160 e. The molecule has 0 bridgehead atoms. The Balaban J connectivity index is 1.28. The second-order valence-corrected chi connectivity index (χ2v) is 15.3. The Morgan fingerprint density at radius 1 is 0.295 bits per heavy atom. The van der Waals surface area contributed by atoms with Crippen LogP contribution in [0.3, 0.4) is 0 Å². The number of hydrogen-bond acceptors (Lipinski definition) is 2. The van der Waals surface area contributed by atoms with Gasteiger partial charge in [0.1, 0.15) is 0 Å². The van der Waals surface area contributed by atoms with Crippen LogP contribution in [0.4, 0.5) is 0 Å². The number of fused-ring (bicyclic) bond motifs is 3. The first kappa shape index (κ1) is 36.0. The van der Waals surface area contributed by atoms with Gasteiger partial charge in [-0.05, 0) is 52.1 Å². The summed E-state index contributed by atoms with van der Waals surface area (Å²) in [7, 11) is 0. The first-order valence-corrected chi connectivity index (χ1v) is 20.8. The number of aromatic nitrogens is 3. The maximum absolute atomic E-state index is 5.24. The van der Waals surface area contributed by atoms with Crippen LogP contribution in [0.5, 0.6) is 0 Å². The third kappa shape index (κ3) is 6.50. The Labute approximate surface area is 355 Å². The first-order valence-electron chi connectivity index (χ1n) is 20.8. The van der Waals surface area contributed by atoms with Crippen molar-refractivity contribution >= 4 is 21.8 Å². The monoisotopic (exact) mass is 777 g/mol. The molecule has 0 spiro atoms. The van der Waals surface area contributed by atoms with Gasteiger partial charge in [0, 0.05) is 49.8 Å². The maximum atomic E-state index is 5.24. The molecule has 0 atom stereocenters. The van der Waals surface area contributed by atoms with Crippen molar-refractivity contribution in [2.24, 2.45) is 0 Å². The van der Waals surface area contributed by atoms with E-state index in [1.807, 2.05) is 12.1 Å². The molecule has 0 radical (unpaired) electrons. The van der Waals surface area contributed by atoms with E-state index in [2.05, 4.69) is 229 Å². The van der Waals surface area contributed by atoms with Crippen LogP contribution >= 0.6 is 0 Å². The zero-order chi connectivity index (χ0) is 40.5. The third-order valence-corrected chi connectivity index (χ3v) is 11.6. The normalized spacial score (nSPS) is 11.3. The van der Waals surface area contributed by atoms with Crippen molar-refractivity contribution in [2.75, 3.05) is 0 Å². The lowest BCUT2D eigenvalue weighted by atomic mass is 9.80. The van der Waals surface area contributed by atoms with E-state index in [1.54, 1.807) is 0 Å². The fraction of sp³-hybridized carbons (Fsp3) is 0. The summed E-state index contributed by atoms with van der Waals surface area (Å²) in [5.41, 5.74) is 17.5. The van der Waals surface area contributed by atoms with Gasteiger partial charge in [0.2, 0.25) is 0 Å². The fourth-order valence-corrected chi connectivity index (χ4v) is 8.93. The predicted octanol–water partition coefficient (Wildman–Crippen LogP) is 15.2. The molecule has 2 aromatic heterocycles. The van der Waals surface area contributed by atoms with E-state index >= 15 is 0 Å². The lowest BCUT2D eigenvalue weighted by Gasteiger charge is -2.24. The van der Waals surface area contributed by atoms with E-state index in [0.29, 0.717) is 5.82 Å². The zero-order valence-electron chi connectivity index (χ0n) is 33.4. The molecule has 0 fully saturated rings. The third-order valence-electron chi connectivity index (χ3n) is 11.6. The average Bonchev–Trinajstić information content (AvgIpc) is 3.69. The van der Waals surface area contributed by atoms with Crippen molar-refractivity contribution in [3.05, 3.63) is 237 Å². The molecule has 0 N–H and O–H groups in total. The molecule has 0 saturated heterocycles. The second kappa shape index (κ2) is 15.6. The van der Waals surface area contributed by atoms with E-state index < -0.39 is 0 Å². The van der Waals surface area contributed by atoms with Gasteiger partial charge in [-0.15, -0.1) is 0 Å². The van der Waals surface area contributed by atoms with E-state index in [0.717, 1.165) is 55.9 Å². The Hall–Kier alpha value is -8.14.